The lowest BCUT2D eigenvalue weighted by molar-refractivity contribution is 0.0405. The number of phenols is 2. The molecule has 0 aliphatic carbocycles. The van der Waals surface area contributed by atoms with Crippen LogP contribution >= 0.6 is 0 Å². The standard InChI is InChI=1S/C18H19NO3/c20-16-9-7-13(8-10-16)3-1-5-15-12-18(22-19-15)14-4-2-6-17(21)11-14/h2,4,6-12,18-21H,1,3,5H2. The number of allylic oxidation sites excluding steroid dienone is 1. The molecular weight excluding hydrogens is 278 g/mol. The van der Waals surface area contributed by atoms with Gasteiger partial charge in [-0.1, -0.05) is 24.3 Å². The first-order chi connectivity index (χ1) is 10.7. The second kappa shape index (κ2) is 6.54. The summed E-state index contributed by atoms with van der Waals surface area (Å²) in [4.78, 5) is 5.54. The predicted octanol–water partition coefficient (Wildman–Crippen LogP) is 3.58. The van der Waals surface area contributed by atoms with Gasteiger partial charge in [0.05, 0.1) is 0 Å². The van der Waals surface area contributed by atoms with Gasteiger partial charge in [-0.3, -0.25) is 10.3 Å². The summed E-state index contributed by atoms with van der Waals surface area (Å²) in [5.41, 5.74) is 6.16. The molecule has 4 heteroatoms. The minimum Gasteiger partial charge on any atom is -0.508 e. The molecule has 0 saturated heterocycles. The molecule has 0 radical (unpaired) electrons. The van der Waals surface area contributed by atoms with Crippen molar-refractivity contribution in [1.82, 2.24) is 5.48 Å². The third-order valence-electron chi connectivity index (χ3n) is 3.72. The quantitative estimate of drug-likeness (QED) is 0.789. The third-order valence-corrected chi connectivity index (χ3v) is 3.72. The van der Waals surface area contributed by atoms with E-state index in [1.54, 1.807) is 24.3 Å². The van der Waals surface area contributed by atoms with Crippen LogP contribution in [-0.4, -0.2) is 10.2 Å². The molecule has 22 heavy (non-hydrogen) atoms. The van der Waals surface area contributed by atoms with Gasteiger partial charge in [-0.25, -0.2) is 0 Å². The molecule has 1 atom stereocenters. The smallest absolute Gasteiger partial charge is 0.131 e. The molecule has 2 aromatic rings. The van der Waals surface area contributed by atoms with E-state index in [1.165, 1.54) is 5.56 Å². The lowest BCUT2D eigenvalue weighted by Crippen LogP contribution is -2.08. The SMILES string of the molecule is Oc1ccc(CCCC2=CC(c3cccc(O)c3)ON2)cc1. The maximum Gasteiger partial charge on any atom is 0.131 e. The highest BCUT2D eigenvalue weighted by atomic mass is 16.7. The van der Waals surface area contributed by atoms with Gasteiger partial charge in [0.2, 0.25) is 0 Å². The van der Waals surface area contributed by atoms with Gasteiger partial charge in [0.25, 0.3) is 0 Å². The molecule has 0 spiro atoms. The van der Waals surface area contributed by atoms with Crippen LogP contribution in [0, 0.1) is 0 Å². The van der Waals surface area contributed by atoms with Crippen LogP contribution in [0.2, 0.25) is 0 Å². The third kappa shape index (κ3) is 3.59. The number of nitrogens with one attached hydrogen (secondary N) is 1. The summed E-state index contributed by atoms with van der Waals surface area (Å²) in [5, 5.41) is 18.8. The summed E-state index contributed by atoms with van der Waals surface area (Å²) >= 11 is 0. The van der Waals surface area contributed by atoms with E-state index in [0.717, 1.165) is 30.5 Å². The summed E-state index contributed by atoms with van der Waals surface area (Å²) in [6, 6.07) is 14.4. The fourth-order valence-corrected chi connectivity index (χ4v) is 2.54. The van der Waals surface area contributed by atoms with Crippen LogP contribution in [0.25, 0.3) is 0 Å². The first-order valence-corrected chi connectivity index (χ1v) is 7.40. The summed E-state index contributed by atoms with van der Waals surface area (Å²) < 4.78 is 0. The molecule has 3 rings (SSSR count). The molecule has 2 aromatic carbocycles. The molecule has 0 aromatic heterocycles. The zero-order valence-electron chi connectivity index (χ0n) is 12.2. The number of phenolic OH excluding ortho intramolecular Hbond substituents is 2. The van der Waals surface area contributed by atoms with Crippen molar-refractivity contribution in [2.45, 2.75) is 25.4 Å². The zero-order chi connectivity index (χ0) is 15.4. The van der Waals surface area contributed by atoms with Crippen molar-refractivity contribution in [1.29, 1.82) is 0 Å². The monoisotopic (exact) mass is 297 g/mol. The Morgan fingerprint density at radius 1 is 0.955 bits per heavy atom. The van der Waals surface area contributed by atoms with Crippen molar-refractivity contribution < 1.29 is 15.1 Å². The maximum absolute atomic E-state index is 9.51. The molecule has 0 amide bonds. The summed E-state index contributed by atoms with van der Waals surface area (Å²) in [5.74, 6) is 0.543. The molecule has 1 aliphatic rings. The molecule has 3 N–H and O–H groups in total. The average molecular weight is 297 g/mol. The number of aromatic hydroxyl groups is 2. The van der Waals surface area contributed by atoms with Crippen molar-refractivity contribution >= 4 is 0 Å². The number of benzene rings is 2. The molecule has 0 saturated carbocycles. The Kier molecular flexibility index (Phi) is 4.30. The molecule has 0 fully saturated rings. The van der Waals surface area contributed by atoms with E-state index in [9.17, 15) is 10.2 Å². The van der Waals surface area contributed by atoms with Crippen LogP contribution in [0.1, 0.15) is 30.1 Å². The second-order valence-electron chi connectivity index (χ2n) is 5.45. The van der Waals surface area contributed by atoms with Crippen molar-refractivity contribution in [2.75, 3.05) is 0 Å². The van der Waals surface area contributed by atoms with Gasteiger partial charge in [-0.2, -0.15) is 0 Å². The van der Waals surface area contributed by atoms with Gasteiger partial charge in [-0.05, 0) is 60.7 Å². The second-order valence-corrected chi connectivity index (χ2v) is 5.45. The highest BCUT2D eigenvalue weighted by Gasteiger charge is 2.18. The van der Waals surface area contributed by atoms with Gasteiger partial charge in [0, 0.05) is 5.70 Å². The van der Waals surface area contributed by atoms with E-state index in [2.05, 4.69) is 5.48 Å². The number of aryl methyl sites for hydroxylation is 1. The fourth-order valence-electron chi connectivity index (χ4n) is 2.54. The number of hydrogen-bond acceptors (Lipinski definition) is 4. The van der Waals surface area contributed by atoms with Crippen LogP contribution in [0.4, 0.5) is 0 Å². The zero-order valence-corrected chi connectivity index (χ0v) is 12.2. The van der Waals surface area contributed by atoms with Gasteiger partial charge in [0.15, 0.2) is 0 Å². The van der Waals surface area contributed by atoms with Crippen LogP contribution in [0.3, 0.4) is 0 Å². The van der Waals surface area contributed by atoms with E-state index >= 15 is 0 Å². The highest BCUT2D eigenvalue weighted by Crippen LogP contribution is 2.27. The summed E-state index contributed by atoms with van der Waals surface area (Å²) in [6.07, 6.45) is 4.74. The van der Waals surface area contributed by atoms with Crippen LogP contribution < -0.4 is 5.48 Å². The van der Waals surface area contributed by atoms with Gasteiger partial charge < -0.3 is 10.2 Å². The van der Waals surface area contributed by atoms with Crippen molar-refractivity contribution in [3.8, 4) is 11.5 Å². The Labute approximate surface area is 129 Å². The Balaban J connectivity index is 1.53. The summed E-state index contributed by atoms with van der Waals surface area (Å²) in [6.45, 7) is 0. The minimum absolute atomic E-state index is 0.157. The number of rotatable bonds is 5. The Morgan fingerprint density at radius 2 is 1.77 bits per heavy atom. The van der Waals surface area contributed by atoms with Crippen molar-refractivity contribution in [2.24, 2.45) is 0 Å². The average Bonchev–Trinajstić information content (AvgIpc) is 2.98. The maximum atomic E-state index is 9.51. The normalized spacial score (nSPS) is 17.1. The van der Waals surface area contributed by atoms with E-state index in [0.29, 0.717) is 5.75 Å². The topological polar surface area (TPSA) is 61.7 Å². The number of hydroxylamine groups is 1. The molecular formula is C18H19NO3. The minimum atomic E-state index is -0.157. The van der Waals surface area contributed by atoms with Crippen LogP contribution in [-0.2, 0) is 11.3 Å². The number of hydrogen-bond donors (Lipinski definition) is 3. The Bertz CT molecular complexity index is 664. The van der Waals surface area contributed by atoms with E-state index in [1.807, 2.05) is 30.3 Å². The molecule has 1 heterocycles. The van der Waals surface area contributed by atoms with Gasteiger partial charge >= 0.3 is 0 Å². The largest absolute Gasteiger partial charge is 0.508 e. The first kappa shape index (κ1) is 14.5. The van der Waals surface area contributed by atoms with Crippen molar-refractivity contribution in [3.05, 3.63) is 71.4 Å². The van der Waals surface area contributed by atoms with E-state index in [-0.39, 0.29) is 11.9 Å². The molecule has 0 bridgehead atoms. The molecule has 114 valence electrons. The molecule has 4 nitrogen and oxygen atoms in total. The molecule has 1 unspecified atom stereocenters. The van der Waals surface area contributed by atoms with Gasteiger partial charge in [-0.15, -0.1) is 0 Å². The molecule has 1 aliphatic heterocycles. The highest BCUT2D eigenvalue weighted by molar-refractivity contribution is 5.32. The van der Waals surface area contributed by atoms with E-state index in [4.69, 9.17) is 4.84 Å². The predicted molar refractivity (Wildman–Crippen MR) is 84.2 cm³/mol. The Hall–Kier alpha value is -2.46. The van der Waals surface area contributed by atoms with Gasteiger partial charge in [0.1, 0.15) is 17.6 Å². The summed E-state index contributed by atoms with van der Waals surface area (Å²) in [7, 11) is 0. The fraction of sp³-hybridized carbons (Fsp3) is 0.222. The lowest BCUT2D eigenvalue weighted by atomic mass is 10.0. The lowest BCUT2D eigenvalue weighted by Gasteiger charge is -2.07. The van der Waals surface area contributed by atoms with Crippen LogP contribution in [0.15, 0.2) is 60.3 Å². The van der Waals surface area contributed by atoms with Crippen molar-refractivity contribution in [3.63, 3.8) is 0 Å². The first-order valence-electron chi connectivity index (χ1n) is 7.40. The Morgan fingerprint density at radius 3 is 2.55 bits per heavy atom. The van der Waals surface area contributed by atoms with E-state index < -0.39 is 0 Å². The van der Waals surface area contributed by atoms with Crippen LogP contribution in [0.5, 0.6) is 11.5 Å².